The summed E-state index contributed by atoms with van der Waals surface area (Å²) in [6, 6.07) is 15.8. The van der Waals surface area contributed by atoms with E-state index in [1.54, 1.807) is 4.68 Å². The first kappa shape index (κ1) is 20.3. The summed E-state index contributed by atoms with van der Waals surface area (Å²) in [5, 5.41) is 12.6. The Morgan fingerprint density at radius 1 is 0.875 bits per heavy atom. The fourth-order valence-corrected chi connectivity index (χ4v) is 3.54. The Hall–Kier alpha value is -3.59. The summed E-state index contributed by atoms with van der Waals surface area (Å²) in [6.07, 6.45) is 0. The van der Waals surface area contributed by atoms with Gasteiger partial charge >= 0.3 is 0 Å². The summed E-state index contributed by atoms with van der Waals surface area (Å²) in [5.41, 5.74) is 5.12. The summed E-state index contributed by atoms with van der Waals surface area (Å²) in [5.74, 6) is 2.15. The SMILES string of the molecule is Cc1ccc(-c2nc(Cn3nnc(-c4nc(-c5ccc(Br)cc5)no4)c3C)c(C)o2)cc1. The number of nitrogens with zero attached hydrogens (tertiary/aromatic N) is 6. The number of hydrogen-bond donors (Lipinski definition) is 0. The molecule has 0 atom stereocenters. The minimum atomic E-state index is 0.323. The Kier molecular flexibility index (Phi) is 5.18. The zero-order valence-electron chi connectivity index (χ0n) is 17.7. The van der Waals surface area contributed by atoms with Gasteiger partial charge in [0.15, 0.2) is 5.69 Å². The van der Waals surface area contributed by atoms with Crippen LogP contribution in [0, 0.1) is 20.8 Å². The first-order chi connectivity index (χ1) is 15.5. The highest BCUT2D eigenvalue weighted by atomic mass is 79.9. The maximum Gasteiger partial charge on any atom is 0.280 e. The van der Waals surface area contributed by atoms with Gasteiger partial charge in [0.1, 0.15) is 11.5 Å². The van der Waals surface area contributed by atoms with Gasteiger partial charge in [-0.2, -0.15) is 4.98 Å². The largest absolute Gasteiger partial charge is 0.441 e. The number of benzene rings is 2. The summed E-state index contributed by atoms with van der Waals surface area (Å²) >= 11 is 3.42. The maximum atomic E-state index is 5.89. The maximum absolute atomic E-state index is 5.89. The third-order valence-electron chi connectivity index (χ3n) is 5.20. The average molecular weight is 491 g/mol. The molecule has 0 N–H and O–H groups in total. The lowest BCUT2D eigenvalue weighted by Gasteiger charge is -2.00. The monoisotopic (exact) mass is 490 g/mol. The van der Waals surface area contributed by atoms with Crippen molar-refractivity contribution in [3.8, 4) is 34.4 Å². The highest BCUT2D eigenvalue weighted by Crippen LogP contribution is 2.26. The van der Waals surface area contributed by atoms with Gasteiger partial charge in [-0.1, -0.05) is 44.0 Å². The fourth-order valence-electron chi connectivity index (χ4n) is 3.28. The second-order valence-corrected chi connectivity index (χ2v) is 8.41. The summed E-state index contributed by atoms with van der Waals surface area (Å²) < 4.78 is 14.1. The molecule has 0 radical (unpaired) electrons. The summed E-state index contributed by atoms with van der Waals surface area (Å²) in [4.78, 5) is 9.16. The zero-order valence-corrected chi connectivity index (χ0v) is 19.3. The van der Waals surface area contributed by atoms with Crippen LogP contribution in [-0.2, 0) is 6.54 Å². The molecule has 2 aromatic carbocycles. The second kappa shape index (κ2) is 8.16. The second-order valence-electron chi connectivity index (χ2n) is 7.50. The van der Waals surface area contributed by atoms with Gasteiger partial charge < -0.3 is 8.94 Å². The van der Waals surface area contributed by atoms with Crippen molar-refractivity contribution in [1.82, 2.24) is 30.1 Å². The predicted molar refractivity (Wildman–Crippen MR) is 122 cm³/mol. The quantitative estimate of drug-likeness (QED) is 0.326. The molecule has 0 saturated carbocycles. The molecule has 0 amide bonds. The van der Waals surface area contributed by atoms with Crippen molar-refractivity contribution in [2.45, 2.75) is 27.3 Å². The molecule has 0 unspecified atom stereocenters. The molecule has 32 heavy (non-hydrogen) atoms. The molecule has 0 spiro atoms. The lowest BCUT2D eigenvalue weighted by molar-refractivity contribution is 0.430. The molecule has 0 aliphatic carbocycles. The van der Waals surface area contributed by atoms with Crippen molar-refractivity contribution in [3.63, 3.8) is 0 Å². The van der Waals surface area contributed by atoms with Gasteiger partial charge in [-0.25, -0.2) is 9.67 Å². The first-order valence-corrected chi connectivity index (χ1v) is 10.8. The van der Waals surface area contributed by atoms with E-state index in [2.05, 4.69) is 41.4 Å². The number of hydrogen-bond acceptors (Lipinski definition) is 7. The predicted octanol–water partition coefficient (Wildman–Crippen LogP) is 5.39. The molecule has 3 heterocycles. The molecule has 160 valence electrons. The van der Waals surface area contributed by atoms with Crippen LogP contribution in [0.25, 0.3) is 34.4 Å². The number of aromatic nitrogens is 6. The third kappa shape index (κ3) is 3.87. The van der Waals surface area contributed by atoms with Crippen LogP contribution in [0.4, 0.5) is 0 Å². The van der Waals surface area contributed by atoms with E-state index in [-0.39, 0.29) is 0 Å². The van der Waals surface area contributed by atoms with E-state index in [9.17, 15) is 0 Å². The molecule has 0 aliphatic rings. The Bertz CT molecular complexity index is 1380. The van der Waals surface area contributed by atoms with Crippen LogP contribution in [0.3, 0.4) is 0 Å². The van der Waals surface area contributed by atoms with Gasteiger partial charge in [-0.05, 0) is 57.2 Å². The van der Waals surface area contributed by atoms with E-state index < -0.39 is 0 Å². The fraction of sp³-hybridized carbons (Fsp3) is 0.174. The van der Waals surface area contributed by atoms with Crippen LogP contribution < -0.4 is 0 Å². The van der Waals surface area contributed by atoms with Gasteiger partial charge in [-0.15, -0.1) is 5.10 Å². The Labute approximate surface area is 192 Å². The normalized spacial score (nSPS) is 11.2. The number of rotatable bonds is 5. The highest BCUT2D eigenvalue weighted by Gasteiger charge is 2.20. The molecule has 5 rings (SSSR count). The van der Waals surface area contributed by atoms with Gasteiger partial charge in [0.05, 0.1) is 12.2 Å². The van der Waals surface area contributed by atoms with Crippen LogP contribution in [0.1, 0.15) is 22.7 Å². The van der Waals surface area contributed by atoms with Gasteiger partial charge in [0, 0.05) is 15.6 Å². The van der Waals surface area contributed by atoms with Crippen LogP contribution in [0.2, 0.25) is 0 Å². The molecule has 0 fully saturated rings. The molecule has 5 aromatic rings. The average Bonchev–Trinajstić information content (AvgIpc) is 3.50. The van der Waals surface area contributed by atoms with Gasteiger partial charge in [0.2, 0.25) is 11.7 Å². The lowest BCUT2D eigenvalue weighted by atomic mass is 10.1. The minimum Gasteiger partial charge on any atom is -0.441 e. The molecule has 0 aliphatic heterocycles. The lowest BCUT2D eigenvalue weighted by Crippen LogP contribution is -2.05. The van der Waals surface area contributed by atoms with Gasteiger partial charge in [0.25, 0.3) is 5.89 Å². The summed E-state index contributed by atoms with van der Waals surface area (Å²) in [7, 11) is 0. The standard InChI is InChI=1S/C23H19BrN6O2/c1-13-4-6-17(7-5-13)22-25-19(15(3)31-22)12-30-14(2)20(27-29-30)23-26-21(28-32-23)16-8-10-18(24)11-9-16/h4-11H,12H2,1-3H3. The first-order valence-electron chi connectivity index (χ1n) is 10.0. The van der Waals surface area contributed by atoms with Crippen LogP contribution in [-0.4, -0.2) is 30.1 Å². The van der Waals surface area contributed by atoms with E-state index in [4.69, 9.17) is 8.94 Å². The van der Waals surface area contributed by atoms with Crippen molar-refractivity contribution >= 4 is 15.9 Å². The van der Waals surface area contributed by atoms with E-state index >= 15 is 0 Å². The molecular weight excluding hydrogens is 472 g/mol. The summed E-state index contributed by atoms with van der Waals surface area (Å²) in [6.45, 7) is 6.28. The van der Waals surface area contributed by atoms with Crippen LogP contribution >= 0.6 is 15.9 Å². The number of oxazole rings is 1. The van der Waals surface area contributed by atoms with Crippen molar-refractivity contribution in [1.29, 1.82) is 0 Å². The molecule has 8 nitrogen and oxygen atoms in total. The minimum absolute atomic E-state index is 0.323. The van der Waals surface area contributed by atoms with E-state index in [0.717, 1.165) is 32.7 Å². The Balaban J connectivity index is 1.39. The molecule has 9 heteroatoms. The number of aryl methyl sites for hydroxylation is 2. The molecule has 0 saturated heterocycles. The zero-order chi connectivity index (χ0) is 22.2. The van der Waals surface area contributed by atoms with Gasteiger partial charge in [-0.3, -0.25) is 0 Å². The van der Waals surface area contributed by atoms with E-state index in [0.29, 0.717) is 29.8 Å². The highest BCUT2D eigenvalue weighted by molar-refractivity contribution is 9.10. The van der Waals surface area contributed by atoms with Crippen LogP contribution in [0.15, 0.2) is 61.9 Å². The van der Waals surface area contributed by atoms with Crippen molar-refractivity contribution in [2.24, 2.45) is 0 Å². The molecule has 3 aromatic heterocycles. The van der Waals surface area contributed by atoms with E-state index in [1.807, 2.05) is 69.3 Å². The van der Waals surface area contributed by atoms with Crippen molar-refractivity contribution in [3.05, 3.63) is 75.7 Å². The van der Waals surface area contributed by atoms with E-state index in [1.165, 1.54) is 5.56 Å². The third-order valence-corrected chi connectivity index (χ3v) is 5.73. The number of halogens is 1. The smallest absolute Gasteiger partial charge is 0.280 e. The van der Waals surface area contributed by atoms with Crippen molar-refractivity contribution in [2.75, 3.05) is 0 Å². The molecule has 0 bridgehead atoms. The Morgan fingerprint density at radius 3 is 2.34 bits per heavy atom. The molecular formula is C23H19BrN6O2. The van der Waals surface area contributed by atoms with Crippen molar-refractivity contribution < 1.29 is 8.94 Å². The topological polar surface area (TPSA) is 95.7 Å². The Morgan fingerprint density at radius 2 is 1.59 bits per heavy atom. The van der Waals surface area contributed by atoms with Crippen LogP contribution in [0.5, 0.6) is 0 Å².